The first-order valence-corrected chi connectivity index (χ1v) is 9.15. The van der Waals surface area contributed by atoms with Gasteiger partial charge in [0, 0.05) is 0 Å². The Kier molecular flexibility index (Phi) is 6.68. The topological polar surface area (TPSA) is 76.7 Å². The zero-order chi connectivity index (χ0) is 18.9. The first-order chi connectivity index (χ1) is 13.2. The number of benzene rings is 2. The zero-order valence-corrected chi connectivity index (χ0v) is 15.1. The molecule has 1 aliphatic rings. The number of rotatable bonds is 6. The van der Waals surface area contributed by atoms with Crippen molar-refractivity contribution in [2.45, 2.75) is 44.6 Å². The molecule has 0 saturated heterocycles. The fourth-order valence-electron chi connectivity index (χ4n) is 3.14. The van der Waals surface area contributed by atoms with Gasteiger partial charge < -0.3 is 20.1 Å². The van der Waals surface area contributed by atoms with Crippen LogP contribution in [0.4, 0.5) is 9.59 Å². The van der Waals surface area contributed by atoms with Gasteiger partial charge in [-0.25, -0.2) is 9.59 Å². The van der Waals surface area contributed by atoms with E-state index in [1.807, 2.05) is 60.7 Å². The van der Waals surface area contributed by atoms with Gasteiger partial charge in [0.25, 0.3) is 0 Å². The number of carbonyl (C=O) groups excluding carboxylic acids is 2. The molecular weight excluding hydrogens is 344 g/mol. The highest BCUT2D eigenvalue weighted by Crippen LogP contribution is 2.19. The van der Waals surface area contributed by atoms with Crippen LogP contribution in [0.15, 0.2) is 60.7 Å². The summed E-state index contributed by atoms with van der Waals surface area (Å²) in [4.78, 5) is 24.1. The van der Waals surface area contributed by atoms with Crippen molar-refractivity contribution >= 4 is 12.2 Å². The van der Waals surface area contributed by atoms with E-state index in [1.165, 1.54) is 0 Å². The van der Waals surface area contributed by atoms with Gasteiger partial charge in [0.15, 0.2) is 0 Å². The third-order valence-electron chi connectivity index (χ3n) is 4.55. The molecule has 0 unspecified atom stereocenters. The predicted octanol–water partition coefficient (Wildman–Crippen LogP) is 3.76. The number of hydrogen-bond acceptors (Lipinski definition) is 4. The zero-order valence-electron chi connectivity index (χ0n) is 15.1. The highest BCUT2D eigenvalue weighted by molar-refractivity contribution is 5.69. The minimum Gasteiger partial charge on any atom is -0.445 e. The minimum atomic E-state index is -0.477. The summed E-state index contributed by atoms with van der Waals surface area (Å²) in [5.41, 5.74) is 1.86. The minimum absolute atomic E-state index is 0.155. The normalized spacial score (nSPS) is 18.5. The first kappa shape index (κ1) is 18.8. The molecule has 0 bridgehead atoms. The number of nitrogens with one attached hydrogen (secondary N) is 2. The Morgan fingerprint density at radius 3 is 1.56 bits per heavy atom. The van der Waals surface area contributed by atoms with Gasteiger partial charge in [0.1, 0.15) is 13.2 Å². The summed E-state index contributed by atoms with van der Waals surface area (Å²) < 4.78 is 10.5. The molecule has 142 valence electrons. The van der Waals surface area contributed by atoms with Crippen molar-refractivity contribution in [1.29, 1.82) is 0 Å². The first-order valence-electron chi connectivity index (χ1n) is 9.15. The predicted molar refractivity (Wildman–Crippen MR) is 101 cm³/mol. The second-order valence-electron chi connectivity index (χ2n) is 6.56. The maximum atomic E-state index is 12.0. The number of hydrogen-bond donors (Lipinski definition) is 2. The van der Waals surface area contributed by atoms with E-state index < -0.39 is 12.2 Å². The highest BCUT2D eigenvalue weighted by atomic mass is 16.6. The Hall–Kier alpha value is -3.02. The Balaban J connectivity index is 1.41. The Bertz CT molecular complexity index is 673. The molecule has 2 aromatic rings. The van der Waals surface area contributed by atoms with E-state index in [2.05, 4.69) is 10.6 Å². The molecule has 27 heavy (non-hydrogen) atoms. The van der Waals surface area contributed by atoms with Gasteiger partial charge in [-0.3, -0.25) is 0 Å². The lowest BCUT2D eigenvalue weighted by molar-refractivity contribution is 0.126. The van der Waals surface area contributed by atoms with Gasteiger partial charge in [0.05, 0.1) is 12.1 Å². The van der Waals surface area contributed by atoms with E-state index >= 15 is 0 Å². The van der Waals surface area contributed by atoms with E-state index in [1.54, 1.807) is 0 Å². The summed E-state index contributed by atoms with van der Waals surface area (Å²) in [5, 5.41) is 5.69. The molecule has 2 atom stereocenters. The van der Waals surface area contributed by atoms with Crippen molar-refractivity contribution in [2.75, 3.05) is 0 Å². The Labute approximate surface area is 158 Å². The molecule has 0 spiro atoms. The van der Waals surface area contributed by atoms with E-state index in [4.69, 9.17) is 9.47 Å². The van der Waals surface area contributed by atoms with Crippen molar-refractivity contribution in [3.63, 3.8) is 0 Å². The fraction of sp³-hybridized carbons (Fsp3) is 0.333. The molecule has 0 radical (unpaired) electrons. The van der Waals surface area contributed by atoms with E-state index in [0.29, 0.717) is 0 Å². The molecule has 2 amide bonds. The highest BCUT2D eigenvalue weighted by Gasteiger charge is 2.30. The van der Waals surface area contributed by atoms with Crippen molar-refractivity contribution in [3.05, 3.63) is 71.8 Å². The van der Waals surface area contributed by atoms with Gasteiger partial charge in [-0.2, -0.15) is 0 Å². The smallest absolute Gasteiger partial charge is 0.407 e. The standard InChI is InChI=1S/C21H24N2O4/c24-20(26-14-16-8-3-1-4-9-16)22-18-12-7-13-19(18)23-21(25)27-15-17-10-5-2-6-11-17/h1-6,8-11,18-19H,7,12-15H2,(H,22,24)(H,23,25)/t18-,19-/m0/s1. The monoisotopic (exact) mass is 368 g/mol. The Morgan fingerprint density at radius 2 is 1.15 bits per heavy atom. The van der Waals surface area contributed by atoms with E-state index in [-0.39, 0.29) is 25.3 Å². The Morgan fingerprint density at radius 1 is 0.741 bits per heavy atom. The van der Waals surface area contributed by atoms with Crippen LogP contribution in [0.2, 0.25) is 0 Å². The molecule has 2 aromatic carbocycles. The van der Waals surface area contributed by atoms with Gasteiger partial charge in [-0.15, -0.1) is 0 Å². The quantitative estimate of drug-likeness (QED) is 0.814. The van der Waals surface area contributed by atoms with Gasteiger partial charge in [-0.1, -0.05) is 60.7 Å². The molecule has 0 heterocycles. The van der Waals surface area contributed by atoms with Crippen molar-refractivity contribution in [1.82, 2.24) is 10.6 Å². The third kappa shape index (κ3) is 6.02. The van der Waals surface area contributed by atoms with Gasteiger partial charge >= 0.3 is 12.2 Å². The van der Waals surface area contributed by atoms with Crippen LogP contribution >= 0.6 is 0 Å². The summed E-state index contributed by atoms with van der Waals surface area (Å²) in [5.74, 6) is 0. The number of amides is 2. The van der Waals surface area contributed by atoms with Crippen LogP contribution in [-0.2, 0) is 22.7 Å². The maximum absolute atomic E-state index is 12.0. The van der Waals surface area contributed by atoms with Crippen LogP contribution in [-0.4, -0.2) is 24.3 Å². The number of ether oxygens (including phenoxy) is 2. The number of alkyl carbamates (subject to hydrolysis) is 2. The largest absolute Gasteiger partial charge is 0.445 e. The molecule has 1 aliphatic carbocycles. The second kappa shape index (κ2) is 9.62. The summed E-state index contributed by atoms with van der Waals surface area (Å²) >= 11 is 0. The van der Waals surface area contributed by atoms with Crippen LogP contribution in [0.25, 0.3) is 0 Å². The van der Waals surface area contributed by atoms with E-state index in [9.17, 15) is 9.59 Å². The van der Waals surface area contributed by atoms with Crippen molar-refractivity contribution < 1.29 is 19.1 Å². The number of carbonyl (C=O) groups is 2. The summed E-state index contributed by atoms with van der Waals surface area (Å²) in [7, 11) is 0. The molecule has 1 fully saturated rings. The summed E-state index contributed by atoms with van der Waals surface area (Å²) in [6.45, 7) is 0.438. The van der Waals surface area contributed by atoms with Crippen LogP contribution < -0.4 is 10.6 Å². The van der Waals surface area contributed by atoms with Crippen LogP contribution in [0, 0.1) is 0 Å². The molecule has 6 heteroatoms. The molecule has 0 aliphatic heterocycles. The SMILES string of the molecule is O=C(N[C@H]1CCC[C@@H]1NC(=O)OCc1ccccc1)OCc1ccccc1. The molecule has 0 aromatic heterocycles. The van der Waals surface area contributed by atoms with Crippen molar-refractivity contribution in [2.24, 2.45) is 0 Å². The fourth-order valence-corrected chi connectivity index (χ4v) is 3.14. The lowest BCUT2D eigenvalue weighted by Gasteiger charge is -2.21. The second-order valence-corrected chi connectivity index (χ2v) is 6.56. The lowest BCUT2D eigenvalue weighted by Crippen LogP contribution is -2.48. The molecular formula is C21H24N2O4. The molecule has 6 nitrogen and oxygen atoms in total. The van der Waals surface area contributed by atoms with Gasteiger partial charge in [-0.05, 0) is 30.4 Å². The molecule has 3 rings (SSSR count). The summed E-state index contributed by atoms with van der Waals surface area (Å²) in [6.07, 6.45) is 1.56. The van der Waals surface area contributed by atoms with Crippen LogP contribution in [0.3, 0.4) is 0 Å². The van der Waals surface area contributed by atoms with Gasteiger partial charge in [0.2, 0.25) is 0 Å². The molecule has 2 N–H and O–H groups in total. The third-order valence-corrected chi connectivity index (χ3v) is 4.55. The van der Waals surface area contributed by atoms with Crippen LogP contribution in [0.1, 0.15) is 30.4 Å². The summed E-state index contributed by atoms with van der Waals surface area (Å²) in [6, 6.07) is 18.7. The van der Waals surface area contributed by atoms with Crippen LogP contribution in [0.5, 0.6) is 0 Å². The average molecular weight is 368 g/mol. The lowest BCUT2D eigenvalue weighted by atomic mass is 10.2. The van der Waals surface area contributed by atoms with Crippen molar-refractivity contribution in [3.8, 4) is 0 Å². The maximum Gasteiger partial charge on any atom is 0.407 e. The molecule has 1 saturated carbocycles. The van der Waals surface area contributed by atoms with E-state index in [0.717, 1.165) is 30.4 Å². The average Bonchev–Trinajstić information content (AvgIpc) is 3.13.